The maximum absolute atomic E-state index is 12.8. The standard InChI is InChI=1S/C22H33N3O2/c26-21(19-6-8-20(9-7-19)24-14-16-27-17-15-24)23-18-22(10-2-1-3-11-22)25-12-4-5-13-25/h6-9H,1-5,10-18H2,(H,23,26). The molecule has 1 aliphatic carbocycles. The van der Waals surface area contributed by atoms with E-state index in [0.29, 0.717) is 0 Å². The van der Waals surface area contributed by atoms with Gasteiger partial charge in [-0.15, -0.1) is 0 Å². The Morgan fingerprint density at radius 1 is 0.926 bits per heavy atom. The second-order valence-corrected chi connectivity index (χ2v) is 8.31. The summed E-state index contributed by atoms with van der Waals surface area (Å²) in [5.74, 6) is 0.0627. The maximum atomic E-state index is 12.8. The van der Waals surface area contributed by atoms with Crippen LogP contribution in [0.4, 0.5) is 5.69 Å². The smallest absolute Gasteiger partial charge is 0.251 e. The number of carbonyl (C=O) groups is 1. The van der Waals surface area contributed by atoms with Crippen LogP contribution < -0.4 is 10.2 Å². The van der Waals surface area contributed by atoms with Gasteiger partial charge in [-0.25, -0.2) is 0 Å². The molecule has 0 atom stereocenters. The average Bonchev–Trinajstić information content (AvgIpc) is 3.29. The number of carbonyl (C=O) groups excluding carboxylic acids is 1. The van der Waals surface area contributed by atoms with Crippen molar-refractivity contribution in [2.45, 2.75) is 50.5 Å². The van der Waals surface area contributed by atoms with Crippen molar-refractivity contribution in [2.75, 3.05) is 50.8 Å². The number of morpholine rings is 1. The van der Waals surface area contributed by atoms with Crippen LogP contribution in [0, 0.1) is 0 Å². The van der Waals surface area contributed by atoms with E-state index in [4.69, 9.17) is 4.74 Å². The SMILES string of the molecule is O=C(NCC1(N2CCCC2)CCCCC1)c1ccc(N2CCOCC2)cc1. The number of hydrogen-bond acceptors (Lipinski definition) is 4. The van der Waals surface area contributed by atoms with Crippen molar-refractivity contribution in [1.82, 2.24) is 10.2 Å². The molecule has 0 spiro atoms. The normalized spacial score (nSPS) is 23.3. The van der Waals surface area contributed by atoms with Gasteiger partial charge in [-0.1, -0.05) is 19.3 Å². The van der Waals surface area contributed by atoms with Gasteiger partial charge in [0.15, 0.2) is 0 Å². The number of nitrogens with zero attached hydrogens (tertiary/aromatic N) is 2. The molecule has 0 bridgehead atoms. The molecule has 3 aliphatic rings. The van der Waals surface area contributed by atoms with Gasteiger partial charge in [0.2, 0.25) is 0 Å². The number of amides is 1. The minimum absolute atomic E-state index is 0.0627. The summed E-state index contributed by atoms with van der Waals surface area (Å²) in [7, 11) is 0. The number of rotatable bonds is 5. The summed E-state index contributed by atoms with van der Waals surface area (Å²) in [6.07, 6.45) is 8.98. The largest absolute Gasteiger partial charge is 0.378 e. The molecule has 27 heavy (non-hydrogen) atoms. The topological polar surface area (TPSA) is 44.8 Å². The molecule has 1 aromatic rings. The van der Waals surface area contributed by atoms with Crippen LogP contribution in [0.2, 0.25) is 0 Å². The lowest BCUT2D eigenvalue weighted by Crippen LogP contribution is -2.55. The number of anilines is 1. The van der Waals surface area contributed by atoms with Crippen molar-refractivity contribution in [2.24, 2.45) is 0 Å². The van der Waals surface area contributed by atoms with Gasteiger partial charge in [0, 0.05) is 36.4 Å². The highest BCUT2D eigenvalue weighted by molar-refractivity contribution is 5.94. The maximum Gasteiger partial charge on any atom is 0.251 e. The summed E-state index contributed by atoms with van der Waals surface area (Å²) >= 11 is 0. The van der Waals surface area contributed by atoms with Crippen molar-refractivity contribution in [1.29, 1.82) is 0 Å². The Morgan fingerprint density at radius 3 is 2.26 bits per heavy atom. The van der Waals surface area contributed by atoms with Gasteiger partial charge in [0.25, 0.3) is 5.91 Å². The molecule has 5 heteroatoms. The van der Waals surface area contributed by atoms with Gasteiger partial charge < -0.3 is 15.0 Å². The molecule has 1 amide bonds. The fourth-order valence-electron chi connectivity index (χ4n) is 5.00. The van der Waals surface area contributed by atoms with E-state index in [-0.39, 0.29) is 11.4 Å². The fraction of sp³-hybridized carbons (Fsp3) is 0.682. The van der Waals surface area contributed by atoms with E-state index < -0.39 is 0 Å². The van der Waals surface area contributed by atoms with Gasteiger partial charge >= 0.3 is 0 Å². The molecule has 3 fully saturated rings. The zero-order valence-electron chi connectivity index (χ0n) is 16.4. The van der Waals surface area contributed by atoms with Crippen molar-refractivity contribution < 1.29 is 9.53 Å². The summed E-state index contributed by atoms with van der Waals surface area (Å²) in [5.41, 5.74) is 2.13. The minimum atomic E-state index is 0.0627. The highest BCUT2D eigenvalue weighted by Crippen LogP contribution is 2.35. The third-order valence-electron chi connectivity index (χ3n) is 6.64. The molecule has 0 radical (unpaired) electrons. The van der Waals surface area contributed by atoms with E-state index in [1.807, 2.05) is 12.1 Å². The molecule has 2 heterocycles. The van der Waals surface area contributed by atoms with E-state index in [2.05, 4.69) is 27.2 Å². The summed E-state index contributed by atoms with van der Waals surface area (Å²) in [5, 5.41) is 3.27. The molecule has 2 aliphatic heterocycles. The minimum Gasteiger partial charge on any atom is -0.378 e. The molecule has 1 saturated carbocycles. The summed E-state index contributed by atoms with van der Waals surface area (Å²) in [4.78, 5) is 17.7. The van der Waals surface area contributed by atoms with Gasteiger partial charge in [0.1, 0.15) is 0 Å². The number of nitrogens with one attached hydrogen (secondary N) is 1. The van der Waals surface area contributed by atoms with Crippen molar-refractivity contribution in [3.63, 3.8) is 0 Å². The number of ether oxygens (including phenoxy) is 1. The van der Waals surface area contributed by atoms with Gasteiger partial charge in [-0.3, -0.25) is 9.69 Å². The Balaban J connectivity index is 1.37. The Labute approximate surface area is 163 Å². The molecule has 2 saturated heterocycles. The van der Waals surface area contributed by atoms with Gasteiger partial charge in [0.05, 0.1) is 13.2 Å². The molecule has 148 valence electrons. The zero-order valence-corrected chi connectivity index (χ0v) is 16.4. The molecule has 4 rings (SSSR count). The van der Waals surface area contributed by atoms with Crippen LogP contribution in [0.15, 0.2) is 24.3 Å². The lowest BCUT2D eigenvalue weighted by atomic mass is 9.80. The molecular formula is C22H33N3O2. The van der Waals surface area contributed by atoms with E-state index in [1.54, 1.807) is 0 Å². The Bertz CT molecular complexity index is 613. The first-order valence-corrected chi connectivity index (χ1v) is 10.7. The highest BCUT2D eigenvalue weighted by Gasteiger charge is 2.39. The molecule has 1 aromatic carbocycles. The molecular weight excluding hydrogens is 338 g/mol. The first-order valence-electron chi connectivity index (χ1n) is 10.7. The Morgan fingerprint density at radius 2 is 1.59 bits per heavy atom. The van der Waals surface area contributed by atoms with Crippen LogP contribution >= 0.6 is 0 Å². The van der Waals surface area contributed by atoms with E-state index >= 15 is 0 Å². The van der Waals surface area contributed by atoms with Crippen molar-refractivity contribution in [3.05, 3.63) is 29.8 Å². The van der Waals surface area contributed by atoms with E-state index in [9.17, 15) is 4.79 Å². The zero-order chi connectivity index (χ0) is 18.5. The van der Waals surface area contributed by atoms with Crippen molar-refractivity contribution in [3.8, 4) is 0 Å². The third kappa shape index (κ3) is 4.30. The summed E-state index contributed by atoms with van der Waals surface area (Å²) in [6, 6.07) is 8.06. The number of hydrogen-bond donors (Lipinski definition) is 1. The molecule has 1 N–H and O–H groups in total. The van der Waals surface area contributed by atoms with E-state index in [1.165, 1.54) is 63.7 Å². The highest BCUT2D eigenvalue weighted by atomic mass is 16.5. The predicted octanol–water partition coefficient (Wildman–Crippen LogP) is 3.05. The van der Waals surface area contributed by atoms with Crippen LogP contribution in [0.3, 0.4) is 0 Å². The number of benzene rings is 1. The third-order valence-corrected chi connectivity index (χ3v) is 6.64. The summed E-state index contributed by atoms with van der Waals surface area (Å²) < 4.78 is 5.41. The van der Waals surface area contributed by atoms with Gasteiger partial charge in [-0.2, -0.15) is 0 Å². The molecule has 5 nitrogen and oxygen atoms in total. The molecule has 0 aromatic heterocycles. The van der Waals surface area contributed by atoms with Crippen molar-refractivity contribution >= 4 is 11.6 Å². The Hall–Kier alpha value is -1.59. The van der Waals surface area contributed by atoms with Crippen LogP contribution in [0.5, 0.6) is 0 Å². The second kappa shape index (κ2) is 8.61. The predicted molar refractivity (Wildman–Crippen MR) is 108 cm³/mol. The first kappa shape index (κ1) is 18.8. The first-order chi connectivity index (χ1) is 13.3. The average molecular weight is 372 g/mol. The van der Waals surface area contributed by atoms with Crippen LogP contribution in [0.1, 0.15) is 55.3 Å². The molecule has 0 unspecified atom stereocenters. The van der Waals surface area contributed by atoms with Crippen LogP contribution in [-0.2, 0) is 4.74 Å². The van der Waals surface area contributed by atoms with E-state index in [0.717, 1.165) is 38.4 Å². The summed E-state index contributed by atoms with van der Waals surface area (Å²) in [6.45, 7) is 6.58. The fourth-order valence-corrected chi connectivity index (χ4v) is 5.00. The van der Waals surface area contributed by atoms with Gasteiger partial charge in [-0.05, 0) is 63.0 Å². The second-order valence-electron chi connectivity index (χ2n) is 8.31. The quantitative estimate of drug-likeness (QED) is 0.864. The number of likely N-dealkylation sites (tertiary alicyclic amines) is 1. The van der Waals surface area contributed by atoms with Crippen LogP contribution in [0.25, 0.3) is 0 Å². The lowest BCUT2D eigenvalue weighted by Gasteiger charge is -2.45. The monoisotopic (exact) mass is 371 g/mol. The lowest BCUT2D eigenvalue weighted by molar-refractivity contribution is 0.0652. The van der Waals surface area contributed by atoms with Crippen LogP contribution in [-0.4, -0.2) is 62.3 Å². The Kier molecular flexibility index (Phi) is 5.98.